The van der Waals surface area contributed by atoms with Crippen molar-refractivity contribution in [2.75, 3.05) is 0 Å². The second-order valence-corrected chi connectivity index (χ2v) is 2.59. The Morgan fingerprint density at radius 3 is 2.64 bits per heavy atom. The molecule has 0 rings (SSSR count). The molecule has 0 aliphatic heterocycles. The van der Waals surface area contributed by atoms with Crippen LogP contribution in [0.1, 0.15) is 19.8 Å². The van der Waals surface area contributed by atoms with Crippen LogP contribution in [0.5, 0.6) is 0 Å². The van der Waals surface area contributed by atoms with Gasteiger partial charge in [0.05, 0.1) is 6.10 Å². The number of hydrogen-bond donors (Lipinski definition) is 1. The van der Waals surface area contributed by atoms with E-state index in [0.29, 0.717) is 12.0 Å². The van der Waals surface area contributed by atoms with Gasteiger partial charge in [-0.3, -0.25) is 4.79 Å². The van der Waals surface area contributed by atoms with E-state index in [4.69, 9.17) is 5.11 Å². The predicted molar refractivity (Wildman–Crippen MR) is 45.3 cm³/mol. The van der Waals surface area contributed by atoms with E-state index in [1.165, 1.54) is 0 Å². The smallest absolute Gasteiger partial charge is 0.160 e. The van der Waals surface area contributed by atoms with Crippen molar-refractivity contribution in [3.05, 3.63) is 24.8 Å². The highest BCUT2D eigenvalue weighted by Crippen LogP contribution is 2.03. The molecule has 0 radical (unpaired) electrons. The van der Waals surface area contributed by atoms with Gasteiger partial charge in [0.25, 0.3) is 0 Å². The van der Waals surface area contributed by atoms with Crippen LogP contribution < -0.4 is 0 Å². The van der Waals surface area contributed by atoms with E-state index < -0.39 is 6.10 Å². The van der Waals surface area contributed by atoms with Gasteiger partial charge in [-0.05, 0) is 18.9 Å². The fourth-order valence-electron chi connectivity index (χ4n) is 0.664. The zero-order valence-corrected chi connectivity index (χ0v) is 6.84. The third-order valence-electron chi connectivity index (χ3n) is 1.34. The minimum atomic E-state index is -0.600. The molecule has 0 aromatic rings. The van der Waals surface area contributed by atoms with E-state index in [1.54, 1.807) is 13.0 Å². The SMILES string of the molecule is C=CCC(O)CC(=O)C(=C)C. The average molecular weight is 154 g/mol. The molecule has 0 bridgehead atoms. The van der Waals surface area contributed by atoms with Gasteiger partial charge < -0.3 is 5.11 Å². The van der Waals surface area contributed by atoms with Gasteiger partial charge in [0.2, 0.25) is 0 Å². The minimum absolute atomic E-state index is 0.0839. The third kappa shape index (κ3) is 4.51. The molecule has 0 aromatic carbocycles. The first kappa shape index (κ1) is 10.1. The number of aliphatic hydroxyl groups is 1. The van der Waals surface area contributed by atoms with Gasteiger partial charge in [-0.2, -0.15) is 0 Å². The Morgan fingerprint density at radius 2 is 2.27 bits per heavy atom. The summed E-state index contributed by atoms with van der Waals surface area (Å²) in [6, 6.07) is 0. The van der Waals surface area contributed by atoms with Crippen LogP contribution >= 0.6 is 0 Å². The van der Waals surface area contributed by atoms with E-state index in [1.807, 2.05) is 0 Å². The van der Waals surface area contributed by atoms with Crippen molar-refractivity contribution < 1.29 is 9.90 Å². The number of carbonyl (C=O) groups is 1. The van der Waals surface area contributed by atoms with Crippen molar-refractivity contribution in [3.8, 4) is 0 Å². The number of carbonyl (C=O) groups excluding carboxylic acids is 1. The van der Waals surface area contributed by atoms with Crippen LogP contribution in [-0.4, -0.2) is 17.0 Å². The normalized spacial score (nSPS) is 12.2. The Labute approximate surface area is 67.2 Å². The van der Waals surface area contributed by atoms with Gasteiger partial charge in [-0.1, -0.05) is 12.7 Å². The number of hydrogen-bond acceptors (Lipinski definition) is 2. The molecule has 11 heavy (non-hydrogen) atoms. The van der Waals surface area contributed by atoms with E-state index in [9.17, 15) is 4.79 Å². The Morgan fingerprint density at radius 1 is 1.73 bits per heavy atom. The van der Waals surface area contributed by atoms with Crippen LogP contribution in [0.25, 0.3) is 0 Å². The summed E-state index contributed by atoms with van der Waals surface area (Å²) in [5, 5.41) is 9.14. The quantitative estimate of drug-likeness (QED) is 0.481. The molecule has 1 unspecified atom stereocenters. The van der Waals surface area contributed by atoms with Crippen LogP contribution in [0.15, 0.2) is 24.8 Å². The van der Waals surface area contributed by atoms with Gasteiger partial charge in [0.1, 0.15) is 0 Å². The summed E-state index contributed by atoms with van der Waals surface area (Å²) < 4.78 is 0. The number of allylic oxidation sites excluding steroid dienone is 1. The molecule has 0 fully saturated rings. The first-order valence-electron chi connectivity index (χ1n) is 3.55. The summed E-state index contributed by atoms with van der Waals surface area (Å²) in [6.45, 7) is 8.58. The maximum Gasteiger partial charge on any atom is 0.160 e. The van der Waals surface area contributed by atoms with Gasteiger partial charge in [0, 0.05) is 6.42 Å². The van der Waals surface area contributed by atoms with Crippen molar-refractivity contribution in [1.29, 1.82) is 0 Å². The highest BCUT2D eigenvalue weighted by atomic mass is 16.3. The molecule has 2 nitrogen and oxygen atoms in total. The molecule has 0 heterocycles. The van der Waals surface area contributed by atoms with Crippen LogP contribution in [-0.2, 0) is 4.79 Å². The molecule has 0 aliphatic carbocycles. The van der Waals surface area contributed by atoms with Crippen LogP contribution in [0.3, 0.4) is 0 Å². The first-order chi connectivity index (χ1) is 5.07. The lowest BCUT2D eigenvalue weighted by atomic mass is 10.1. The minimum Gasteiger partial charge on any atom is -0.392 e. The lowest BCUT2D eigenvalue weighted by Crippen LogP contribution is -2.12. The number of Topliss-reactive ketones (excluding diaryl/α,β-unsaturated/α-hetero) is 1. The Hall–Kier alpha value is -0.890. The summed E-state index contributed by atoms with van der Waals surface area (Å²) >= 11 is 0. The summed E-state index contributed by atoms with van der Waals surface area (Å²) in [6.07, 6.45) is 1.60. The van der Waals surface area contributed by atoms with Crippen LogP contribution in [0.4, 0.5) is 0 Å². The fourth-order valence-corrected chi connectivity index (χ4v) is 0.664. The maximum absolute atomic E-state index is 10.9. The fraction of sp³-hybridized carbons (Fsp3) is 0.444. The van der Waals surface area contributed by atoms with E-state index in [2.05, 4.69) is 13.2 Å². The van der Waals surface area contributed by atoms with Crippen molar-refractivity contribution in [2.45, 2.75) is 25.9 Å². The standard InChI is InChI=1S/C9H14O2/c1-4-5-8(10)6-9(11)7(2)3/h4,8,10H,1-2,5-6H2,3H3. The monoisotopic (exact) mass is 154 g/mol. The van der Waals surface area contributed by atoms with E-state index >= 15 is 0 Å². The Kier molecular flexibility index (Phi) is 4.46. The summed E-state index contributed by atoms with van der Waals surface area (Å²) in [5.74, 6) is -0.0839. The summed E-state index contributed by atoms with van der Waals surface area (Å²) in [5.41, 5.74) is 0.494. The lowest BCUT2D eigenvalue weighted by molar-refractivity contribution is -0.117. The zero-order valence-electron chi connectivity index (χ0n) is 6.84. The summed E-state index contributed by atoms with van der Waals surface area (Å²) in [4.78, 5) is 10.9. The van der Waals surface area contributed by atoms with Gasteiger partial charge >= 0.3 is 0 Å². The molecule has 0 aromatic heterocycles. The van der Waals surface area contributed by atoms with Crippen molar-refractivity contribution in [3.63, 3.8) is 0 Å². The van der Waals surface area contributed by atoms with Crippen molar-refractivity contribution in [1.82, 2.24) is 0 Å². The molecule has 0 aliphatic rings. The van der Waals surface area contributed by atoms with Gasteiger partial charge in [0.15, 0.2) is 5.78 Å². The third-order valence-corrected chi connectivity index (χ3v) is 1.34. The molecule has 1 atom stereocenters. The lowest BCUT2D eigenvalue weighted by Gasteiger charge is -2.05. The number of aliphatic hydroxyl groups excluding tert-OH is 1. The second kappa shape index (κ2) is 4.85. The molecule has 2 heteroatoms. The highest BCUT2D eigenvalue weighted by molar-refractivity contribution is 5.94. The highest BCUT2D eigenvalue weighted by Gasteiger charge is 2.08. The average Bonchev–Trinajstić information content (AvgIpc) is 1.87. The molecular weight excluding hydrogens is 140 g/mol. The number of ketones is 1. The molecule has 0 amide bonds. The number of rotatable bonds is 5. The van der Waals surface area contributed by atoms with Gasteiger partial charge in [-0.25, -0.2) is 0 Å². The second-order valence-electron chi connectivity index (χ2n) is 2.59. The maximum atomic E-state index is 10.9. The topological polar surface area (TPSA) is 37.3 Å². The van der Waals surface area contributed by atoms with Crippen molar-refractivity contribution in [2.24, 2.45) is 0 Å². The van der Waals surface area contributed by atoms with Crippen LogP contribution in [0, 0.1) is 0 Å². The predicted octanol–water partition coefficient (Wildman–Crippen LogP) is 1.46. The molecule has 0 saturated heterocycles. The van der Waals surface area contributed by atoms with Crippen molar-refractivity contribution >= 4 is 5.78 Å². The summed E-state index contributed by atoms with van der Waals surface area (Å²) in [7, 11) is 0. The van der Waals surface area contributed by atoms with E-state index in [-0.39, 0.29) is 12.2 Å². The molecule has 0 spiro atoms. The first-order valence-corrected chi connectivity index (χ1v) is 3.55. The van der Waals surface area contributed by atoms with Gasteiger partial charge in [-0.15, -0.1) is 6.58 Å². The van der Waals surface area contributed by atoms with E-state index in [0.717, 1.165) is 0 Å². The molecular formula is C9H14O2. The van der Waals surface area contributed by atoms with Crippen LogP contribution in [0.2, 0.25) is 0 Å². The molecule has 1 N–H and O–H groups in total. The Bertz CT molecular complexity index is 170. The molecule has 62 valence electrons. The largest absolute Gasteiger partial charge is 0.392 e. The molecule has 0 saturated carbocycles. The zero-order chi connectivity index (χ0) is 8.85. The Balaban J connectivity index is 3.74.